The zero-order valence-electron chi connectivity index (χ0n) is 12.0. The van der Waals surface area contributed by atoms with Gasteiger partial charge in [-0.1, -0.05) is 24.3 Å². The molecular formula is C17H19FN2O. The van der Waals surface area contributed by atoms with Gasteiger partial charge in [0.05, 0.1) is 6.42 Å². The number of nitrogens with one attached hydrogen (secondary N) is 1. The summed E-state index contributed by atoms with van der Waals surface area (Å²) in [6, 6.07) is 12.0. The van der Waals surface area contributed by atoms with Crippen molar-refractivity contribution in [1.82, 2.24) is 5.32 Å². The van der Waals surface area contributed by atoms with Crippen LogP contribution in [0.1, 0.15) is 16.7 Å². The molecule has 0 radical (unpaired) electrons. The lowest BCUT2D eigenvalue weighted by Gasteiger charge is -2.09. The number of carbonyl (C=O) groups excluding carboxylic acids is 1. The van der Waals surface area contributed by atoms with Gasteiger partial charge in [0.15, 0.2) is 0 Å². The number of anilines is 1. The Balaban J connectivity index is 1.83. The Morgan fingerprint density at radius 1 is 1.19 bits per heavy atom. The molecule has 0 saturated carbocycles. The first-order valence-electron chi connectivity index (χ1n) is 6.91. The van der Waals surface area contributed by atoms with Crippen molar-refractivity contribution < 1.29 is 9.18 Å². The predicted molar refractivity (Wildman–Crippen MR) is 82.4 cm³/mol. The van der Waals surface area contributed by atoms with Crippen molar-refractivity contribution in [3.63, 3.8) is 0 Å². The molecule has 0 aliphatic heterocycles. The van der Waals surface area contributed by atoms with E-state index in [1.54, 1.807) is 12.1 Å². The average molecular weight is 286 g/mol. The van der Waals surface area contributed by atoms with E-state index in [1.165, 1.54) is 12.1 Å². The standard InChI is InChI=1S/C17H19FN2O/c1-12-10-15(18)7-6-13(12)8-9-20-17(21)11-14-4-2-3-5-16(14)19/h2-7,10H,8-9,11,19H2,1H3,(H,20,21). The summed E-state index contributed by atoms with van der Waals surface area (Å²) in [5.41, 5.74) is 9.20. The van der Waals surface area contributed by atoms with Crippen molar-refractivity contribution in [2.75, 3.05) is 12.3 Å². The first kappa shape index (κ1) is 15.0. The molecular weight excluding hydrogens is 267 g/mol. The fourth-order valence-corrected chi connectivity index (χ4v) is 2.21. The number of carbonyl (C=O) groups is 1. The van der Waals surface area contributed by atoms with Crippen LogP contribution in [0.25, 0.3) is 0 Å². The highest BCUT2D eigenvalue weighted by atomic mass is 19.1. The molecule has 4 heteroatoms. The van der Waals surface area contributed by atoms with Crippen LogP contribution in [0.4, 0.5) is 10.1 Å². The van der Waals surface area contributed by atoms with Crippen LogP contribution in [0.3, 0.4) is 0 Å². The first-order valence-corrected chi connectivity index (χ1v) is 6.91. The number of nitrogens with two attached hydrogens (primary N) is 1. The van der Waals surface area contributed by atoms with Crippen LogP contribution >= 0.6 is 0 Å². The van der Waals surface area contributed by atoms with Gasteiger partial charge in [0.2, 0.25) is 5.91 Å². The molecule has 3 N–H and O–H groups in total. The van der Waals surface area contributed by atoms with Gasteiger partial charge in [-0.2, -0.15) is 0 Å². The van der Waals surface area contributed by atoms with Crippen molar-refractivity contribution in [3.8, 4) is 0 Å². The molecule has 0 aromatic heterocycles. The topological polar surface area (TPSA) is 55.1 Å². The predicted octanol–water partition coefficient (Wildman–Crippen LogP) is 2.62. The molecule has 0 aliphatic rings. The summed E-state index contributed by atoms with van der Waals surface area (Å²) in [5, 5.41) is 2.86. The SMILES string of the molecule is Cc1cc(F)ccc1CCNC(=O)Cc1ccccc1N. The van der Waals surface area contributed by atoms with Gasteiger partial charge in [-0.3, -0.25) is 4.79 Å². The van der Waals surface area contributed by atoms with Gasteiger partial charge in [0, 0.05) is 12.2 Å². The second-order valence-corrected chi connectivity index (χ2v) is 5.05. The van der Waals surface area contributed by atoms with Crippen LogP contribution in [-0.2, 0) is 17.6 Å². The molecule has 21 heavy (non-hydrogen) atoms. The molecule has 0 heterocycles. The minimum Gasteiger partial charge on any atom is -0.398 e. The van der Waals surface area contributed by atoms with E-state index in [-0.39, 0.29) is 18.1 Å². The fourth-order valence-electron chi connectivity index (χ4n) is 2.21. The zero-order chi connectivity index (χ0) is 15.2. The number of hydrogen-bond acceptors (Lipinski definition) is 2. The number of benzene rings is 2. The summed E-state index contributed by atoms with van der Waals surface area (Å²) in [7, 11) is 0. The Kier molecular flexibility index (Phi) is 4.93. The molecule has 0 aliphatic carbocycles. The summed E-state index contributed by atoms with van der Waals surface area (Å²) in [6.07, 6.45) is 0.956. The second-order valence-electron chi connectivity index (χ2n) is 5.05. The molecule has 0 spiro atoms. The number of rotatable bonds is 5. The number of nitrogen functional groups attached to an aromatic ring is 1. The lowest BCUT2D eigenvalue weighted by atomic mass is 10.1. The fraction of sp³-hybridized carbons (Fsp3) is 0.235. The number of halogens is 1. The number of hydrogen-bond donors (Lipinski definition) is 2. The van der Waals surface area contributed by atoms with Gasteiger partial charge in [-0.05, 0) is 48.2 Å². The molecule has 2 aromatic carbocycles. The molecule has 0 unspecified atom stereocenters. The maximum absolute atomic E-state index is 13.0. The maximum Gasteiger partial charge on any atom is 0.224 e. The van der Waals surface area contributed by atoms with Gasteiger partial charge >= 0.3 is 0 Å². The Labute approximate surface area is 124 Å². The number of para-hydroxylation sites is 1. The van der Waals surface area contributed by atoms with E-state index in [2.05, 4.69) is 5.32 Å². The molecule has 1 amide bonds. The third-order valence-corrected chi connectivity index (χ3v) is 3.43. The highest BCUT2D eigenvalue weighted by molar-refractivity contribution is 5.80. The zero-order valence-corrected chi connectivity index (χ0v) is 12.0. The molecule has 0 fully saturated rings. The van der Waals surface area contributed by atoms with E-state index in [1.807, 2.05) is 25.1 Å². The van der Waals surface area contributed by atoms with Crippen LogP contribution in [0.15, 0.2) is 42.5 Å². The van der Waals surface area contributed by atoms with Gasteiger partial charge in [-0.25, -0.2) is 4.39 Å². The molecule has 0 atom stereocenters. The molecule has 0 bridgehead atoms. The lowest BCUT2D eigenvalue weighted by molar-refractivity contribution is -0.120. The third kappa shape index (κ3) is 4.31. The smallest absolute Gasteiger partial charge is 0.224 e. The quantitative estimate of drug-likeness (QED) is 0.830. The minimum absolute atomic E-state index is 0.0623. The number of amides is 1. The molecule has 2 aromatic rings. The maximum atomic E-state index is 13.0. The van der Waals surface area contributed by atoms with Gasteiger partial charge in [0.25, 0.3) is 0 Å². The van der Waals surface area contributed by atoms with Crippen molar-refractivity contribution in [2.45, 2.75) is 19.8 Å². The van der Waals surface area contributed by atoms with Crippen LogP contribution in [0.2, 0.25) is 0 Å². The minimum atomic E-state index is -0.236. The second kappa shape index (κ2) is 6.88. The van der Waals surface area contributed by atoms with E-state index >= 15 is 0 Å². The van der Waals surface area contributed by atoms with E-state index < -0.39 is 0 Å². The van der Waals surface area contributed by atoms with Crippen molar-refractivity contribution in [2.24, 2.45) is 0 Å². The van der Waals surface area contributed by atoms with Crippen LogP contribution < -0.4 is 11.1 Å². The molecule has 3 nitrogen and oxygen atoms in total. The summed E-state index contributed by atoms with van der Waals surface area (Å²) in [5.74, 6) is -0.299. The van der Waals surface area contributed by atoms with Gasteiger partial charge < -0.3 is 11.1 Å². The summed E-state index contributed by atoms with van der Waals surface area (Å²) in [6.45, 7) is 2.39. The number of aryl methyl sites for hydroxylation is 1. The lowest BCUT2D eigenvalue weighted by Crippen LogP contribution is -2.27. The Morgan fingerprint density at radius 2 is 1.95 bits per heavy atom. The Bertz CT molecular complexity index is 640. The third-order valence-electron chi connectivity index (χ3n) is 3.43. The largest absolute Gasteiger partial charge is 0.398 e. The average Bonchev–Trinajstić information content (AvgIpc) is 2.44. The van der Waals surface area contributed by atoms with E-state index in [9.17, 15) is 9.18 Å². The summed E-state index contributed by atoms with van der Waals surface area (Å²) < 4.78 is 13.0. The summed E-state index contributed by atoms with van der Waals surface area (Å²) >= 11 is 0. The van der Waals surface area contributed by atoms with Crippen LogP contribution in [-0.4, -0.2) is 12.5 Å². The van der Waals surface area contributed by atoms with Crippen molar-refractivity contribution in [3.05, 3.63) is 65.0 Å². The molecule has 110 valence electrons. The molecule has 0 saturated heterocycles. The first-order chi connectivity index (χ1) is 10.1. The van der Waals surface area contributed by atoms with E-state index in [0.717, 1.165) is 16.7 Å². The van der Waals surface area contributed by atoms with Crippen LogP contribution in [0, 0.1) is 12.7 Å². The van der Waals surface area contributed by atoms with E-state index in [0.29, 0.717) is 18.7 Å². The summed E-state index contributed by atoms with van der Waals surface area (Å²) in [4.78, 5) is 11.9. The highest BCUT2D eigenvalue weighted by Crippen LogP contribution is 2.12. The monoisotopic (exact) mass is 286 g/mol. The van der Waals surface area contributed by atoms with E-state index in [4.69, 9.17) is 5.73 Å². The van der Waals surface area contributed by atoms with Gasteiger partial charge in [0.1, 0.15) is 5.82 Å². The Morgan fingerprint density at radius 3 is 2.67 bits per heavy atom. The highest BCUT2D eigenvalue weighted by Gasteiger charge is 2.06. The van der Waals surface area contributed by atoms with Crippen LogP contribution in [0.5, 0.6) is 0 Å². The van der Waals surface area contributed by atoms with Crippen molar-refractivity contribution in [1.29, 1.82) is 0 Å². The van der Waals surface area contributed by atoms with Gasteiger partial charge in [-0.15, -0.1) is 0 Å². The normalized spacial score (nSPS) is 10.4. The van der Waals surface area contributed by atoms with Crippen molar-refractivity contribution >= 4 is 11.6 Å². The Hall–Kier alpha value is -2.36. The molecule has 2 rings (SSSR count).